The van der Waals surface area contributed by atoms with Crippen molar-refractivity contribution in [3.8, 4) is 0 Å². The Labute approximate surface area is 82.9 Å². The number of hydrogen-bond acceptors (Lipinski definition) is 2. The summed E-state index contributed by atoms with van der Waals surface area (Å²) in [4.78, 5) is 22.1. The zero-order valence-electron chi connectivity index (χ0n) is 8.32. The molecule has 0 amide bonds. The first-order valence-corrected chi connectivity index (χ1v) is 5.02. The second-order valence-electron chi connectivity index (χ2n) is 3.96. The average Bonchev–Trinajstić information content (AvgIpc) is 2.49. The van der Waals surface area contributed by atoms with E-state index in [1.807, 2.05) is 6.92 Å². The van der Waals surface area contributed by atoms with Gasteiger partial charge in [0, 0.05) is 0 Å². The molecule has 1 aliphatic carbocycles. The van der Waals surface area contributed by atoms with Gasteiger partial charge in [-0.1, -0.05) is 19.8 Å². The highest BCUT2D eigenvalue weighted by atomic mass is 16.4. The Bertz CT molecular complexity index is 233. The van der Waals surface area contributed by atoms with Crippen molar-refractivity contribution < 1.29 is 19.8 Å². The van der Waals surface area contributed by atoms with Crippen molar-refractivity contribution in [3.05, 3.63) is 0 Å². The van der Waals surface area contributed by atoms with Crippen molar-refractivity contribution in [2.24, 2.45) is 11.3 Å². The number of carboxylic acids is 2. The maximum Gasteiger partial charge on any atom is 0.321 e. The van der Waals surface area contributed by atoms with Crippen LogP contribution in [0.3, 0.4) is 0 Å². The quantitative estimate of drug-likeness (QED) is 0.678. The van der Waals surface area contributed by atoms with Gasteiger partial charge in [-0.25, -0.2) is 0 Å². The predicted molar refractivity (Wildman–Crippen MR) is 50.0 cm³/mol. The van der Waals surface area contributed by atoms with Crippen LogP contribution in [0.2, 0.25) is 0 Å². The van der Waals surface area contributed by atoms with Gasteiger partial charge in [-0.2, -0.15) is 0 Å². The van der Waals surface area contributed by atoms with Crippen LogP contribution in [-0.4, -0.2) is 22.2 Å². The number of carbonyl (C=O) groups is 2. The summed E-state index contributed by atoms with van der Waals surface area (Å²) in [6.07, 6.45) is 3.25. The molecule has 4 nitrogen and oxygen atoms in total. The van der Waals surface area contributed by atoms with Crippen LogP contribution >= 0.6 is 0 Å². The Morgan fingerprint density at radius 2 is 1.93 bits per heavy atom. The van der Waals surface area contributed by atoms with E-state index in [1.165, 1.54) is 0 Å². The molecule has 80 valence electrons. The molecule has 1 rings (SSSR count). The van der Waals surface area contributed by atoms with Gasteiger partial charge in [0.1, 0.15) is 0 Å². The Morgan fingerprint density at radius 3 is 2.36 bits per heavy atom. The van der Waals surface area contributed by atoms with Gasteiger partial charge < -0.3 is 10.2 Å². The molecule has 14 heavy (non-hydrogen) atoms. The van der Waals surface area contributed by atoms with Crippen molar-refractivity contribution in [1.29, 1.82) is 0 Å². The summed E-state index contributed by atoms with van der Waals surface area (Å²) >= 11 is 0. The molecular weight excluding hydrogens is 184 g/mol. The third-order valence-electron chi connectivity index (χ3n) is 3.22. The molecule has 1 unspecified atom stereocenters. The second-order valence-corrected chi connectivity index (χ2v) is 3.96. The first kappa shape index (κ1) is 11.0. The van der Waals surface area contributed by atoms with Gasteiger partial charge in [0.15, 0.2) is 5.41 Å². The third kappa shape index (κ3) is 1.49. The van der Waals surface area contributed by atoms with E-state index < -0.39 is 17.4 Å². The summed E-state index contributed by atoms with van der Waals surface area (Å²) in [5, 5.41) is 18.1. The summed E-state index contributed by atoms with van der Waals surface area (Å²) in [7, 11) is 0. The first-order chi connectivity index (χ1) is 6.55. The molecule has 1 atom stereocenters. The molecule has 0 aromatic carbocycles. The molecule has 0 aliphatic heterocycles. The average molecular weight is 200 g/mol. The van der Waals surface area contributed by atoms with E-state index in [-0.39, 0.29) is 12.3 Å². The standard InChI is InChI=1S/C10H16O4/c1-2-4-7-5-3-6-10(7,8(11)12)9(13)14/h7H,2-6H2,1H3,(H,11,12)(H,13,14). The summed E-state index contributed by atoms with van der Waals surface area (Å²) in [6.45, 7) is 1.95. The van der Waals surface area contributed by atoms with Crippen molar-refractivity contribution >= 4 is 11.9 Å². The molecule has 1 aliphatic rings. The van der Waals surface area contributed by atoms with Gasteiger partial charge in [0.05, 0.1) is 0 Å². The lowest BCUT2D eigenvalue weighted by atomic mass is 9.76. The highest BCUT2D eigenvalue weighted by Crippen LogP contribution is 2.46. The predicted octanol–water partition coefficient (Wildman–Crippen LogP) is 1.74. The highest BCUT2D eigenvalue weighted by molar-refractivity contribution is 5.98. The normalized spacial score (nSPS) is 24.8. The lowest BCUT2D eigenvalue weighted by Gasteiger charge is -2.26. The fourth-order valence-electron chi connectivity index (χ4n) is 2.47. The number of hydrogen-bond donors (Lipinski definition) is 2. The molecule has 0 bridgehead atoms. The largest absolute Gasteiger partial charge is 0.480 e. The minimum atomic E-state index is -1.50. The van der Waals surface area contributed by atoms with Crippen LogP contribution in [0.25, 0.3) is 0 Å². The highest BCUT2D eigenvalue weighted by Gasteiger charge is 2.54. The fourth-order valence-corrected chi connectivity index (χ4v) is 2.47. The summed E-state index contributed by atoms with van der Waals surface area (Å²) in [5.74, 6) is -2.52. The Morgan fingerprint density at radius 1 is 1.36 bits per heavy atom. The molecule has 4 heteroatoms. The lowest BCUT2D eigenvalue weighted by Crippen LogP contribution is -2.42. The molecule has 0 heterocycles. The molecule has 0 aromatic heterocycles. The van der Waals surface area contributed by atoms with Crippen LogP contribution in [0.15, 0.2) is 0 Å². The van der Waals surface area contributed by atoms with Crippen LogP contribution in [0, 0.1) is 11.3 Å². The van der Waals surface area contributed by atoms with Crippen molar-refractivity contribution in [1.82, 2.24) is 0 Å². The van der Waals surface area contributed by atoms with Gasteiger partial charge in [0.25, 0.3) is 0 Å². The van der Waals surface area contributed by atoms with Gasteiger partial charge >= 0.3 is 11.9 Å². The molecular formula is C10H16O4. The zero-order valence-corrected chi connectivity index (χ0v) is 8.32. The van der Waals surface area contributed by atoms with E-state index >= 15 is 0 Å². The third-order valence-corrected chi connectivity index (χ3v) is 3.22. The van der Waals surface area contributed by atoms with Crippen LogP contribution in [0.4, 0.5) is 0 Å². The van der Waals surface area contributed by atoms with E-state index in [0.29, 0.717) is 12.8 Å². The van der Waals surface area contributed by atoms with Crippen molar-refractivity contribution in [2.75, 3.05) is 0 Å². The molecule has 0 spiro atoms. The van der Waals surface area contributed by atoms with Crippen LogP contribution in [0.1, 0.15) is 39.0 Å². The van der Waals surface area contributed by atoms with Gasteiger partial charge in [-0.15, -0.1) is 0 Å². The Kier molecular flexibility index (Phi) is 3.13. The van der Waals surface area contributed by atoms with Gasteiger partial charge in [-0.05, 0) is 25.2 Å². The van der Waals surface area contributed by atoms with E-state index in [0.717, 1.165) is 12.8 Å². The fraction of sp³-hybridized carbons (Fsp3) is 0.800. The number of carboxylic acid groups (broad SMARTS) is 2. The summed E-state index contributed by atoms with van der Waals surface area (Å²) < 4.78 is 0. The minimum Gasteiger partial charge on any atom is -0.480 e. The molecule has 2 N–H and O–H groups in total. The monoisotopic (exact) mass is 200 g/mol. The first-order valence-electron chi connectivity index (χ1n) is 5.02. The maximum atomic E-state index is 11.1. The van der Waals surface area contributed by atoms with E-state index in [2.05, 4.69) is 0 Å². The van der Waals surface area contributed by atoms with Crippen LogP contribution < -0.4 is 0 Å². The molecule has 0 aromatic rings. The van der Waals surface area contributed by atoms with Crippen LogP contribution in [-0.2, 0) is 9.59 Å². The topological polar surface area (TPSA) is 74.6 Å². The zero-order chi connectivity index (χ0) is 10.8. The van der Waals surface area contributed by atoms with Gasteiger partial charge in [0.2, 0.25) is 0 Å². The molecule has 1 saturated carbocycles. The Balaban J connectivity index is 2.95. The van der Waals surface area contributed by atoms with Crippen molar-refractivity contribution in [3.63, 3.8) is 0 Å². The minimum absolute atomic E-state index is 0.192. The number of rotatable bonds is 4. The second kappa shape index (κ2) is 3.98. The summed E-state index contributed by atoms with van der Waals surface area (Å²) in [6, 6.07) is 0. The molecule has 0 radical (unpaired) electrons. The lowest BCUT2D eigenvalue weighted by molar-refractivity contribution is -0.167. The smallest absolute Gasteiger partial charge is 0.321 e. The molecule has 1 fully saturated rings. The van der Waals surface area contributed by atoms with Gasteiger partial charge in [-0.3, -0.25) is 9.59 Å². The number of aliphatic carboxylic acids is 2. The van der Waals surface area contributed by atoms with E-state index in [4.69, 9.17) is 10.2 Å². The Hall–Kier alpha value is -1.06. The summed E-state index contributed by atoms with van der Waals surface area (Å²) in [5.41, 5.74) is -1.50. The maximum absolute atomic E-state index is 11.1. The van der Waals surface area contributed by atoms with Crippen molar-refractivity contribution in [2.45, 2.75) is 39.0 Å². The van der Waals surface area contributed by atoms with E-state index in [9.17, 15) is 9.59 Å². The van der Waals surface area contributed by atoms with E-state index in [1.54, 1.807) is 0 Å². The molecule has 0 saturated heterocycles. The SMILES string of the molecule is CCCC1CCCC1(C(=O)O)C(=O)O. The van der Waals surface area contributed by atoms with Crippen LogP contribution in [0.5, 0.6) is 0 Å².